The molecule has 0 radical (unpaired) electrons. The molecule has 11 nitrogen and oxygen atoms in total. The molecule has 0 aliphatic heterocycles. The molecule has 0 spiro atoms. The van der Waals surface area contributed by atoms with Crippen molar-refractivity contribution in [1.82, 2.24) is 16.0 Å². The van der Waals surface area contributed by atoms with Gasteiger partial charge in [0.2, 0.25) is 17.7 Å². The molecule has 0 fully saturated rings. The first-order valence-electron chi connectivity index (χ1n) is 9.05. The molecule has 0 rings (SSSR count). The molecule has 0 saturated heterocycles. The second-order valence-corrected chi connectivity index (χ2v) is 7.29. The van der Waals surface area contributed by atoms with E-state index < -0.39 is 61.1 Å². The van der Waals surface area contributed by atoms with E-state index in [0.29, 0.717) is 0 Å². The van der Waals surface area contributed by atoms with Gasteiger partial charge >= 0.3 is 5.97 Å². The van der Waals surface area contributed by atoms with E-state index in [9.17, 15) is 29.4 Å². The lowest BCUT2D eigenvalue weighted by molar-refractivity contribution is -0.143. The summed E-state index contributed by atoms with van der Waals surface area (Å²) in [6.45, 7) is 5.50. The summed E-state index contributed by atoms with van der Waals surface area (Å²) < 4.78 is 0. The Labute approximate surface area is 164 Å². The predicted octanol–water partition coefficient (Wildman–Crippen LogP) is -2.46. The largest absolute Gasteiger partial charge is 0.480 e. The van der Waals surface area contributed by atoms with E-state index in [1.165, 1.54) is 0 Å². The van der Waals surface area contributed by atoms with E-state index in [1.807, 2.05) is 13.8 Å². The topological polar surface area (TPSA) is 191 Å². The van der Waals surface area contributed by atoms with Crippen LogP contribution < -0.4 is 21.7 Å². The molecule has 0 aliphatic carbocycles. The van der Waals surface area contributed by atoms with Crippen LogP contribution in [0.15, 0.2) is 0 Å². The van der Waals surface area contributed by atoms with Gasteiger partial charge in [0.15, 0.2) is 0 Å². The molecule has 162 valence electrons. The Morgan fingerprint density at radius 1 is 0.821 bits per heavy atom. The number of nitrogens with one attached hydrogen (secondary N) is 3. The van der Waals surface area contributed by atoms with Crippen LogP contribution in [0.1, 0.15) is 34.1 Å². The van der Waals surface area contributed by atoms with Crippen molar-refractivity contribution >= 4 is 23.7 Å². The SMILES string of the molecule is CC(C)CC(NC(=O)C(CO)NC(=O)C(N)CO)C(=O)NC(C(=O)O)C(C)C. The van der Waals surface area contributed by atoms with Crippen molar-refractivity contribution in [2.75, 3.05) is 13.2 Å². The first-order chi connectivity index (χ1) is 12.9. The molecule has 4 atom stereocenters. The average molecular weight is 404 g/mol. The molecule has 3 amide bonds. The molecule has 8 N–H and O–H groups in total. The third-order valence-electron chi connectivity index (χ3n) is 3.92. The fourth-order valence-corrected chi connectivity index (χ4v) is 2.30. The van der Waals surface area contributed by atoms with E-state index in [2.05, 4.69) is 16.0 Å². The quantitative estimate of drug-likeness (QED) is 0.186. The Balaban J connectivity index is 5.24. The number of carboxylic acids is 1. The van der Waals surface area contributed by atoms with Crippen LogP contribution in [0.3, 0.4) is 0 Å². The van der Waals surface area contributed by atoms with Crippen molar-refractivity contribution < 1.29 is 34.5 Å². The monoisotopic (exact) mass is 404 g/mol. The van der Waals surface area contributed by atoms with Crippen molar-refractivity contribution in [2.45, 2.75) is 58.3 Å². The molecule has 0 aromatic rings. The highest BCUT2D eigenvalue weighted by Crippen LogP contribution is 2.08. The van der Waals surface area contributed by atoms with Crippen molar-refractivity contribution in [1.29, 1.82) is 0 Å². The molecule has 0 bridgehead atoms. The zero-order valence-electron chi connectivity index (χ0n) is 16.6. The normalized spacial score (nSPS) is 15.5. The summed E-state index contributed by atoms with van der Waals surface area (Å²) in [6, 6.07) is -4.84. The fraction of sp³-hybridized carbons (Fsp3) is 0.765. The average Bonchev–Trinajstić information content (AvgIpc) is 2.61. The molecular weight excluding hydrogens is 372 g/mol. The van der Waals surface area contributed by atoms with E-state index in [1.54, 1.807) is 13.8 Å². The van der Waals surface area contributed by atoms with E-state index in [-0.39, 0.29) is 18.3 Å². The lowest BCUT2D eigenvalue weighted by Crippen LogP contribution is -2.59. The number of aliphatic carboxylic acids is 1. The highest BCUT2D eigenvalue weighted by molar-refractivity contribution is 5.94. The van der Waals surface area contributed by atoms with Crippen molar-refractivity contribution in [3.63, 3.8) is 0 Å². The van der Waals surface area contributed by atoms with E-state index in [4.69, 9.17) is 10.8 Å². The van der Waals surface area contributed by atoms with Crippen LogP contribution in [0.25, 0.3) is 0 Å². The smallest absolute Gasteiger partial charge is 0.326 e. The van der Waals surface area contributed by atoms with Gasteiger partial charge in [-0.3, -0.25) is 14.4 Å². The van der Waals surface area contributed by atoms with Crippen LogP contribution in [0, 0.1) is 11.8 Å². The van der Waals surface area contributed by atoms with Crippen LogP contribution >= 0.6 is 0 Å². The molecule has 0 aliphatic rings. The number of carbonyl (C=O) groups excluding carboxylic acids is 3. The van der Waals surface area contributed by atoms with Gasteiger partial charge in [0.25, 0.3) is 0 Å². The zero-order chi connectivity index (χ0) is 22.0. The Kier molecular flexibility index (Phi) is 11.3. The standard InChI is InChI=1S/C17H32N4O7/c1-8(2)5-11(15(25)21-13(9(3)4)17(27)28)19-16(26)12(7-23)20-14(24)10(18)6-22/h8-13,22-23H,5-7,18H2,1-4H3,(H,19,26)(H,20,24)(H,21,25)(H,27,28). The highest BCUT2D eigenvalue weighted by Gasteiger charge is 2.31. The number of aliphatic hydroxyl groups is 2. The Morgan fingerprint density at radius 3 is 1.71 bits per heavy atom. The Morgan fingerprint density at radius 2 is 1.32 bits per heavy atom. The predicted molar refractivity (Wildman–Crippen MR) is 99.9 cm³/mol. The van der Waals surface area contributed by atoms with Crippen LogP contribution in [0.5, 0.6) is 0 Å². The third kappa shape index (κ3) is 8.63. The van der Waals surface area contributed by atoms with Crippen LogP contribution in [0.4, 0.5) is 0 Å². The molecule has 4 unspecified atom stereocenters. The summed E-state index contributed by atoms with van der Waals surface area (Å²) in [5, 5.41) is 34.5. The summed E-state index contributed by atoms with van der Waals surface area (Å²) in [6.07, 6.45) is 0.213. The van der Waals surface area contributed by atoms with Gasteiger partial charge < -0.3 is 37.0 Å². The molecule has 0 aromatic carbocycles. The summed E-state index contributed by atoms with van der Waals surface area (Å²) >= 11 is 0. The maximum atomic E-state index is 12.5. The minimum absolute atomic E-state index is 0.0108. The van der Waals surface area contributed by atoms with Gasteiger partial charge in [-0.2, -0.15) is 0 Å². The number of carbonyl (C=O) groups is 4. The second kappa shape index (κ2) is 12.3. The van der Waals surface area contributed by atoms with Crippen molar-refractivity contribution in [2.24, 2.45) is 17.6 Å². The minimum Gasteiger partial charge on any atom is -0.480 e. The third-order valence-corrected chi connectivity index (χ3v) is 3.92. The number of nitrogens with two attached hydrogens (primary N) is 1. The molecule has 11 heteroatoms. The number of aliphatic hydroxyl groups excluding tert-OH is 2. The number of hydrogen-bond donors (Lipinski definition) is 7. The van der Waals surface area contributed by atoms with Gasteiger partial charge in [-0.05, 0) is 18.3 Å². The maximum Gasteiger partial charge on any atom is 0.326 e. The molecule has 0 saturated carbocycles. The number of rotatable bonds is 12. The fourth-order valence-electron chi connectivity index (χ4n) is 2.30. The first kappa shape index (κ1) is 25.8. The van der Waals surface area contributed by atoms with Crippen LogP contribution in [-0.4, -0.2) is 76.4 Å². The second-order valence-electron chi connectivity index (χ2n) is 7.29. The molecule has 0 heterocycles. The van der Waals surface area contributed by atoms with Gasteiger partial charge in [0, 0.05) is 0 Å². The summed E-state index contributed by atoms with van der Waals surface area (Å²) in [5.74, 6) is -3.94. The summed E-state index contributed by atoms with van der Waals surface area (Å²) in [7, 11) is 0. The van der Waals surface area contributed by atoms with Gasteiger partial charge in [-0.1, -0.05) is 27.7 Å². The summed E-state index contributed by atoms with van der Waals surface area (Å²) in [5.41, 5.74) is 5.35. The van der Waals surface area contributed by atoms with Crippen molar-refractivity contribution in [3.05, 3.63) is 0 Å². The van der Waals surface area contributed by atoms with Crippen LogP contribution in [-0.2, 0) is 19.2 Å². The van der Waals surface area contributed by atoms with Gasteiger partial charge in [0.05, 0.1) is 13.2 Å². The maximum absolute atomic E-state index is 12.5. The lowest BCUT2D eigenvalue weighted by atomic mass is 10.00. The van der Waals surface area contributed by atoms with Gasteiger partial charge in [-0.15, -0.1) is 0 Å². The lowest BCUT2D eigenvalue weighted by Gasteiger charge is -2.26. The van der Waals surface area contributed by atoms with Crippen molar-refractivity contribution in [3.8, 4) is 0 Å². The zero-order valence-corrected chi connectivity index (χ0v) is 16.6. The molecule has 0 aromatic heterocycles. The minimum atomic E-state index is -1.38. The van der Waals surface area contributed by atoms with Gasteiger partial charge in [-0.25, -0.2) is 4.79 Å². The molecular formula is C17H32N4O7. The highest BCUT2D eigenvalue weighted by atomic mass is 16.4. The Bertz CT molecular complexity index is 554. The summed E-state index contributed by atoms with van der Waals surface area (Å²) in [4.78, 5) is 47.9. The van der Waals surface area contributed by atoms with Gasteiger partial charge in [0.1, 0.15) is 24.2 Å². The molecule has 28 heavy (non-hydrogen) atoms. The number of amides is 3. The van der Waals surface area contributed by atoms with Crippen LogP contribution in [0.2, 0.25) is 0 Å². The van der Waals surface area contributed by atoms with E-state index >= 15 is 0 Å². The Hall–Kier alpha value is -2.24. The number of hydrogen-bond acceptors (Lipinski definition) is 7. The first-order valence-corrected chi connectivity index (χ1v) is 9.05. The number of carboxylic acid groups (broad SMARTS) is 1. The van der Waals surface area contributed by atoms with E-state index in [0.717, 1.165) is 0 Å².